The van der Waals surface area contributed by atoms with E-state index >= 15 is 0 Å². The van der Waals surface area contributed by atoms with E-state index in [4.69, 9.17) is 4.52 Å². The first-order chi connectivity index (χ1) is 9.08. The fourth-order valence-corrected chi connectivity index (χ4v) is 1.86. The molecule has 0 saturated carbocycles. The van der Waals surface area contributed by atoms with E-state index in [0.29, 0.717) is 23.2 Å². The number of Topliss-reactive ketones (excluding diaryl/α,β-unsaturated/α-hetero) is 1. The smallest absolute Gasteiger partial charge is 0.237 e. The van der Waals surface area contributed by atoms with E-state index in [-0.39, 0.29) is 5.78 Å². The summed E-state index contributed by atoms with van der Waals surface area (Å²) in [6.45, 7) is 5.98. The van der Waals surface area contributed by atoms with E-state index in [1.54, 1.807) is 19.1 Å². The first-order valence-corrected chi connectivity index (χ1v) is 6.49. The predicted octanol–water partition coefficient (Wildman–Crippen LogP) is 3.25. The van der Waals surface area contributed by atoms with E-state index in [1.165, 1.54) is 0 Å². The highest BCUT2D eigenvalue weighted by molar-refractivity contribution is 6.00. The SMILES string of the molecule is CC(C)Cc1noc(C(C)C(=O)c2ccccc2)n1. The molecule has 100 valence electrons. The van der Waals surface area contributed by atoms with Crippen molar-refractivity contribution in [1.29, 1.82) is 0 Å². The Bertz CT molecular complexity index is 546. The fourth-order valence-electron chi connectivity index (χ4n) is 1.86. The standard InChI is InChI=1S/C15H18N2O2/c1-10(2)9-13-16-15(19-17-13)11(3)14(18)12-7-5-4-6-8-12/h4-8,10-11H,9H2,1-3H3. The summed E-state index contributed by atoms with van der Waals surface area (Å²) in [5.41, 5.74) is 0.665. The van der Waals surface area contributed by atoms with Crippen LogP contribution >= 0.6 is 0 Å². The molecule has 0 saturated heterocycles. The van der Waals surface area contributed by atoms with Gasteiger partial charge < -0.3 is 4.52 Å². The molecule has 0 aliphatic heterocycles. The Morgan fingerprint density at radius 1 is 1.21 bits per heavy atom. The molecule has 0 spiro atoms. The number of benzene rings is 1. The Labute approximate surface area is 112 Å². The molecule has 2 rings (SSSR count). The summed E-state index contributed by atoms with van der Waals surface area (Å²) in [5, 5.41) is 3.92. The van der Waals surface area contributed by atoms with Gasteiger partial charge in [-0.2, -0.15) is 4.98 Å². The lowest BCUT2D eigenvalue weighted by Gasteiger charge is -2.05. The molecule has 0 amide bonds. The zero-order valence-corrected chi connectivity index (χ0v) is 11.5. The first-order valence-electron chi connectivity index (χ1n) is 6.49. The summed E-state index contributed by atoms with van der Waals surface area (Å²) >= 11 is 0. The molecule has 19 heavy (non-hydrogen) atoms. The van der Waals surface area contributed by atoms with Crippen molar-refractivity contribution in [1.82, 2.24) is 10.1 Å². The highest BCUT2D eigenvalue weighted by atomic mass is 16.5. The van der Waals surface area contributed by atoms with Crippen LogP contribution in [0.1, 0.15) is 48.8 Å². The number of rotatable bonds is 5. The molecule has 0 fully saturated rings. The molecule has 0 radical (unpaired) electrons. The molecule has 1 heterocycles. The van der Waals surface area contributed by atoms with Gasteiger partial charge in [-0.25, -0.2) is 0 Å². The largest absolute Gasteiger partial charge is 0.339 e. The Balaban J connectivity index is 2.13. The van der Waals surface area contributed by atoms with E-state index in [1.807, 2.05) is 18.2 Å². The summed E-state index contributed by atoms with van der Waals surface area (Å²) in [7, 11) is 0. The molecule has 0 aliphatic carbocycles. The van der Waals surface area contributed by atoms with Crippen LogP contribution in [-0.4, -0.2) is 15.9 Å². The van der Waals surface area contributed by atoms with Gasteiger partial charge in [-0.1, -0.05) is 49.3 Å². The third kappa shape index (κ3) is 3.28. The van der Waals surface area contributed by atoms with Crippen LogP contribution in [0.2, 0.25) is 0 Å². The maximum absolute atomic E-state index is 12.2. The average molecular weight is 258 g/mol. The van der Waals surface area contributed by atoms with Crippen LogP contribution in [-0.2, 0) is 6.42 Å². The average Bonchev–Trinajstić information content (AvgIpc) is 2.85. The van der Waals surface area contributed by atoms with Crippen molar-refractivity contribution in [2.45, 2.75) is 33.1 Å². The van der Waals surface area contributed by atoms with Crippen molar-refractivity contribution in [2.24, 2.45) is 5.92 Å². The minimum Gasteiger partial charge on any atom is -0.339 e. The van der Waals surface area contributed by atoms with E-state index in [2.05, 4.69) is 24.0 Å². The second kappa shape index (κ2) is 5.78. The zero-order chi connectivity index (χ0) is 13.8. The molecule has 1 atom stereocenters. The van der Waals surface area contributed by atoms with Crippen molar-refractivity contribution in [2.75, 3.05) is 0 Å². The van der Waals surface area contributed by atoms with Crippen molar-refractivity contribution in [3.05, 3.63) is 47.6 Å². The first kappa shape index (κ1) is 13.5. The minimum absolute atomic E-state index is 0.000321. The van der Waals surface area contributed by atoms with Crippen LogP contribution in [0.25, 0.3) is 0 Å². The van der Waals surface area contributed by atoms with Gasteiger partial charge in [0.15, 0.2) is 11.6 Å². The lowest BCUT2D eigenvalue weighted by Crippen LogP contribution is -2.10. The topological polar surface area (TPSA) is 56.0 Å². The van der Waals surface area contributed by atoms with Crippen LogP contribution in [0, 0.1) is 5.92 Å². The van der Waals surface area contributed by atoms with Gasteiger partial charge in [-0.3, -0.25) is 4.79 Å². The van der Waals surface area contributed by atoms with Gasteiger partial charge in [0, 0.05) is 12.0 Å². The minimum atomic E-state index is -0.407. The maximum Gasteiger partial charge on any atom is 0.237 e. The lowest BCUT2D eigenvalue weighted by molar-refractivity contribution is 0.0951. The quantitative estimate of drug-likeness (QED) is 0.772. The Kier molecular flexibility index (Phi) is 4.10. The molecule has 2 aromatic rings. The van der Waals surface area contributed by atoms with Crippen molar-refractivity contribution < 1.29 is 9.32 Å². The number of aromatic nitrogens is 2. The summed E-state index contributed by atoms with van der Waals surface area (Å²) in [5.74, 6) is 1.11. The number of carbonyl (C=O) groups excluding carboxylic acids is 1. The number of nitrogens with zero attached hydrogens (tertiary/aromatic N) is 2. The Morgan fingerprint density at radius 3 is 2.53 bits per heavy atom. The normalized spacial score (nSPS) is 12.6. The monoisotopic (exact) mass is 258 g/mol. The number of hydrogen-bond acceptors (Lipinski definition) is 4. The second-order valence-electron chi connectivity index (χ2n) is 5.10. The van der Waals surface area contributed by atoms with Crippen LogP contribution in [0.4, 0.5) is 0 Å². The highest BCUT2D eigenvalue weighted by Crippen LogP contribution is 2.19. The third-order valence-corrected chi connectivity index (χ3v) is 2.90. The van der Waals surface area contributed by atoms with Crippen LogP contribution < -0.4 is 0 Å². The van der Waals surface area contributed by atoms with Gasteiger partial charge in [0.2, 0.25) is 5.89 Å². The van der Waals surface area contributed by atoms with Crippen LogP contribution in [0.15, 0.2) is 34.9 Å². The Morgan fingerprint density at radius 2 is 1.89 bits per heavy atom. The summed E-state index contributed by atoms with van der Waals surface area (Å²) in [6.07, 6.45) is 0.760. The Hall–Kier alpha value is -1.97. The van der Waals surface area contributed by atoms with E-state index in [9.17, 15) is 4.79 Å². The molecule has 0 N–H and O–H groups in total. The zero-order valence-electron chi connectivity index (χ0n) is 11.5. The van der Waals surface area contributed by atoms with Crippen molar-refractivity contribution >= 4 is 5.78 Å². The molecule has 0 aliphatic rings. The van der Waals surface area contributed by atoms with Crippen LogP contribution in [0.3, 0.4) is 0 Å². The number of ketones is 1. The molecule has 0 bridgehead atoms. The third-order valence-electron chi connectivity index (χ3n) is 2.90. The fraction of sp³-hybridized carbons (Fsp3) is 0.400. The highest BCUT2D eigenvalue weighted by Gasteiger charge is 2.23. The van der Waals surface area contributed by atoms with Gasteiger partial charge in [0.1, 0.15) is 0 Å². The molecule has 4 heteroatoms. The second-order valence-corrected chi connectivity index (χ2v) is 5.10. The molecule has 1 aromatic heterocycles. The number of carbonyl (C=O) groups is 1. The van der Waals surface area contributed by atoms with Crippen molar-refractivity contribution in [3.63, 3.8) is 0 Å². The van der Waals surface area contributed by atoms with Gasteiger partial charge >= 0.3 is 0 Å². The van der Waals surface area contributed by atoms with Gasteiger partial charge in [0.05, 0.1) is 5.92 Å². The maximum atomic E-state index is 12.2. The van der Waals surface area contributed by atoms with Gasteiger partial charge in [0.25, 0.3) is 0 Å². The molecule has 4 nitrogen and oxygen atoms in total. The van der Waals surface area contributed by atoms with E-state index < -0.39 is 5.92 Å². The van der Waals surface area contributed by atoms with Gasteiger partial charge in [-0.05, 0) is 12.8 Å². The molecular weight excluding hydrogens is 240 g/mol. The molecule has 1 unspecified atom stereocenters. The number of hydrogen-bond donors (Lipinski definition) is 0. The van der Waals surface area contributed by atoms with E-state index in [0.717, 1.165) is 6.42 Å². The van der Waals surface area contributed by atoms with Gasteiger partial charge in [-0.15, -0.1) is 0 Å². The predicted molar refractivity (Wildman–Crippen MR) is 72.0 cm³/mol. The van der Waals surface area contributed by atoms with Crippen LogP contribution in [0.5, 0.6) is 0 Å². The molecular formula is C15H18N2O2. The van der Waals surface area contributed by atoms with Crippen molar-refractivity contribution in [3.8, 4) is 0 Å². The summed E-state index contributed by atoms with van der Waals surface area (Å²) in [6, 6.07) is 9.17. The summed E-state index contributed by atoms with van der Waals surface area (Å²) in [4.78, 5) is 16.5. The summed E-state index contributed by atoms with van der Waals surface area (Å²) < 4.78 is 5.19. The lowest BCUT2D eigenvalue weighted by atomic mass is 9.99. The molecule has 1 aromatic carbocycles.